The molecule has 5 heteroatoms. The summed E-state index contributed by atoms with van der Waals surface area (Å²) in [5, 5.41) is 9.99. The monoisotopic (exact) mass is 332 g/mol. The van der Waals surface area contributed by atoms with Crippen molar-refractivity contribution in [3.8, 4) is 5.75 Å². The zero-order valence-corrected chi connectivity index (χ0v) is 15.2. The van der Waals surface area contributed by atoms with Crippen LogP contribution < -0.4 is 0 Å². The van der Waals surface area contributed by atoms with Gasteiger partial charge in [0.1, 0.15) is 5.75 Å². The van der Waals surface area contributed by atoms with Crippen molar-refractivity contribution in [3.05, 3.63) is 23.5 Å². The first-order chi connectivity index (χ1) is 11.7. The van der Waals surface area contributed by atoms with Gasteiger partial charge in [-0.05, 0) is 58.0 Å². The maximum Gasteiger partial charge on any atom is 0.138 e. The zero-order chi connectivity index (χ0) is 16.9. The molecule has 3 rings (SSSR count). The average Bonchev–Trinajstić information content (AvgIpc) is 2.60. The fraction of sp³-hybridized carbons (Fsp3) is 0.737. The van der Waals surface area contributed by atoms with Gasteiger partial charge < -0.3 is 10.0 Å². The predicted molar refractivity (Wildman–Crippen MR) is 97.2 cm³/mol. The molecule has 0 atom stereocenters. The van der Waals surface area contributed by atoms with Crippen LogP contribution in [0.15, 0.2) is 12.1 Å². The molecule has 0 aliphatic carbocycles. The quantitative estimate of drug-likeness (QED) is 0.894. The summed E-state index contributed by atoms with van der Waals surface area (Å²) in [6, 6.07) is 4.39. The molecule has 0 amide bonds. The highest BCUT2D eigenvalue weighted by Crippen LogP contribution is 2.21. The summed E-state index contributed by atoms with van der Waals surface area (Å²) < 4.78 is 0. The number of hydrogen-bond donors (Lipinski definition) is 1. The lowest BCUT2D eigenvalue weighted by Gasteiger charge is -2.42. The van der Waals surface area contributed by atoms with Crippen LogP contribution in [0.25, 0.3) is 0 Å². The Hall–Kier alpha value is -1.17. The van der Waals surface area contributed by atoms with Gasteiger partial charge in [-0.1, -0.05) is 6.92 Å². The van der Waals surface area contributed by atoms with E-state index >= 15 is 0 Å². The largest absolute Gasteiger partial charge is 0.506 e. The molecule has 2 fully saturated rings. The van der Waals surface area contributed by atoms with Gasteiger partial charge in [0.25, 0.3) is 0 Å². The van der Waals surface area contributed by atoms with Gasteiger partial charge in [-0.2, -0.15) is 0 Å². The summed E-state index contributed by atoms with van der Waals surface area (Å²) in [6.07, 6.45) is 3.91. The van der Waals surface area contributed by atoms with Gasteiger partial charge in [0, 0.05) is 44.5 Å². The van der Waals surface area contributed by atoms with E-state index in [0.717, 1.165) is 50.2 Å². The van der Waals surface area contributed by atoms with Crippen molar-refractivity contribution in [1.82, 2.24) is 19.7 Å². The fourth-order valence-electron chi connectivity index (χ4n) is 4.04. The summed E-state index contributed by atoms with van der Waals surface area (Å²) in [5.74, 6) is 0.325. The van der Waals surface area contributed by atoms with Crippen LogP contribution in [0.3, 0.4) is 0 Å². The molecule has 0 spiro atoms. The van der Waals surface area contributed by atoms with Gasteiger partial charge >= 0.3 is 0 Å². The molecular weight excluding hydrogens is 300 g/mol. The summed E-state index contributed by atoms with van der Waals surface area (Å²) in [4.78, 5) is 12.2. The number of nitrogens with zero attached hydrogens (tertiary/aromatic N) is 4. The van der Waals surface area contributed by atoms with E-state index in [0.29, 0.717) is 5.75 Å². The normalized spacial score (nSPS) is 22.1. The van der Waals surface area contributed by atoms with Crippen LogP contribution in [0.4, 0.5) is 0 Å². The van der Waals surface area contributed by atoms with Crippen LogP contribution >= 0.6 is 0 Å². The minimum absolute atomic E-state index is 0.325. The number of pyridine rings is 1. The summed E-state index contributed by atoms with van der Waals surface area (Å²) in [7, 11) is 0. The SMILES string of the molecule is CCCN1CCC(N2CCN(Cc3nc(C)ccc3O)CC2)CC1. The van der Waals surface area contributed by atoms with Crippen molar-refractivity contribution in [2.45, 2.75) is 45.7 Å². The molecule has 1 aromatic rings. The third-order valence-corrected chi connectivity index (χ3v) is 5.48. The van der Waals surface area contributed by atoms with E-state index in [9.17, 15) is 5.11 Å². The summed E-state index contributed by atoms with van der Waals surface area (Å²) in [5.41, 5.74) is 1.79. The minimum atomic E-state index is 0.325. The van der Waals surface area contributed by atoms with Gasteiger partial charge in [0.05, 0.1) is 5.69 Å². The number of rotatable bonds is 5. The van der Waals surface area contributed by atoms with Crippen LogP contribution in [-0.4, -0.2) is 76.6 Å². The van der Waals surface area contributed by atoms with E-state index in [2.05, 4.69) is 26.6 Å². The van der Waals surface area contributed by atoms with Crippen molar-refractivity contribution < 1.29 is 5.11 Å². The standard InChI is InChI=1S/C19H32N4O/c1-3-8-21-9-6-17(7-10-21)23-13-11-22(12-14-23)15-18-19(24)5-4-16(2)20-18/h4-5,17,24H,3,6-15H2,1-2H3. The second kappa shape index (κ2) is 8.28. The fourth-order valence-corrected chi connectivity index (χ4v) is 4.04. The Morgan fingerprint density at radius 1 is 1.04 bits per heavy atom. The van der Waals surface area contributed by atoms with Crippen molar-refractivity contribution in [1.29, 1.82) is 0 Å². The lowest BCUT2D eigenvalue weighted by atomic mass is 10.0. The predicted octanol–water partition coefficient (Wildman–Crippen LogP) is 2.09. The third-order valence-electron chi connectivity index (χ3n) is 5.48. The Kier molecular flexibility index (Phi) is 6.09. The maximum atomic E-state index is 9.99. The van der Waals surface area contributed by atoms with E-state index in [-0.39, 0.29) is 0 Å². The zero-order valence-electron chi connectivity index (χ0n) is 15.2. The van der Waals surface area contributed by atoms with Crippen LogP contribution in [0, 0.1) is 6.92 Å². The second-order valence-electron chi connectivity index (χ2n) is 7.30. The number of aromatic nitrogens is 1. The number of piperazine rings is 1. The van der Waals surface area contributed by atoms with Crippen LogP contribution in [0.2, 0.25) is 0 Å². The van der Waals surface area contributed by atoms with E-state index in [1.54, 1.807) is 6.07 Å². The number of piperidine rings is 1. The Balaban J connectivity index is 1.45. The van der Waals surface area contributed by atoms with E-state index in [1.807, 2.05) is 13.0 Å². The third kappa shape index (κ3) is 4.47. The Labute approximate surface area is 146 Å². The average molecular weight is 332 g/mol. The first-order valence-electron chi connectivity index (χ1n) is 9.50. The van der Waals surface area contributed by atoms with Gasteiger partial charge in [-0.3, -0.25) is 14.8 Å². The highest BCUT2D eigenvalue weighted by molar-refractivity contribution is 5.27. The molecule has 5 nitrogen and oxygen atoms in total. The molecular formula is C19H32N4O. The molecule has 2 aliphatic heterocycles. The molecule has 134 valence electrons. The Morgan fingerprint density at radius 3 is 2.42 bits per heavy atom. The molecule has 1 N–H and O–H groups in total. The lowest BCUT2D eigenvalue weighted by Crippen LogP contribution is -2.53. The Bertz CT molecular complexity index is 520. The number of likely N-dealkylation sites (tertiary alicyclic amines) is 1. The first-order valence-corrected chi connectivity index (χ1v) is 9.50. The summed E-state index contributed by atoms with van der Waals surface area (Å²) >= 11 is 0. The van der Waals surface area contributed by atoms with Gasteiger partial charge in [-0.25, -0.2) is 0 Å². The molecule has 0 bridgehead atoms. The second-order valence-corrected chi connectivity index (χ2v) is 7.30. The van der Waals surface area contributed by atoms with Gasteiger partial charge in [0.2, 0.25) is 0 Å². The molecule has 0 aromatic carbocycles. The highest BCUT2D eigenvalue weighted by Gasteiger charge is 2.27. The Morgan fingerprint density at radius 2 is 1.75 bits per heavy atom. The number of hydrogen-bond acceptors (Lipinski definition) is 5. The maximum absolute atomic E-state index is 9.99. The molecule has 0 unspecified atom stereocenters. The molecule has 0 saturated carbocycles. The van der Waals surface area contributed by atoms with Crippen LogP contribution in [-0.2, 0) is 6.54 Å². The van der Waals surface area contributed by atoms with Crippen LogP contribution in [0.5, 0.6) is 5.75 Å². The molecule has 2 aliphatic rings. The van der Waals surface area contributed by atoms with Crippen molar-refractivity contribution in [2.75, 3.05) is 45.8 Å². The molecule has 1 aromatic heterocycles. The summed E-state index contributed by atoms with van der Waals surface area (Å²) in [6.45, 7) is 13.2. The number of aromatic hydroxyl groups is 1. The smallest absolute Gasteiger partial charge is 0.138 e. The van der Waals surface area contributed by atoms with Gasteiger partial charge in [-0.15, -0.1) is 0 Å². The molecule has 3 heterocycles. The van der Waals surface area contributed by atoms with E-state index in [1.165, 1.54) is 38.9 Å². The van der Waals surface area contributed by atoms with Gasteiger partial charge in [0.15, 0.2) is 0 Å². The van der Waals surface area contributed by atoms with E-state index < -0.39 is 0 Å². The van der Waals surface area contributed by atoms with Crippen molar-refractivity contribution in [3.63, 3.8) is 0 Å². The van der Waals surface area contributed by atoms with Crippen molar-refractivity contribution in [2.24, 2.45) is 0 Å². The first kappa shape index (κ1) is 17.6. The topological polar surface area (TPSA) is 42.8 Å². The highest BCUT2D eigenvalue weighted by atomic mass is 16.3. The van der Waals surface area contributed by atoms with Crippen molar-refractivity contribution >= 4 is 0 Å². The molecule has 2 saturated heterocycles. The molecule has 0 radical (unpaired) electrons. The van der Waals surface area contributed by atoms with Crippen LogP contribution in [0.1, 0.15) is 37.6 Å². The molecule has 24 heavy (non-hydrogen) atoms. The van der Waals surface area contributed by atoms with E-state index in [4.69, 9.17) is 0 Å². The lowest BCUT2D eigenvalue weighted by molar-refractivity contribution is 0.0560. The number of aryl methyl sites for hydroxylation is 1. The minimum Gasteiger partial charge on any atom is -0.506 e.